The molecule has 0 amide bonds. The molecule has 3 heteroatoms. The van der Waals surface area contributed by atoms with Gasteiger partial charge in [-0.05, 0) is 18.9 Å². The van der Waals surface area contributed by atoms with Gasteiger partial charge in [0, 0.05) is 7.11 Å². The Hall–Kier alpha value is -1.32. The molecule has 0 atom stereocenters. The molecule has 3 nitrogen and oxygen atoms in total. The summed E-state index contributed by atoms with van der Waals surface area (Å²) in [5.41, 5.74) is -0.148. The normalized spacial score (nSPS) is 17.7. The Morgan fingerprint density at radius 1 is 1.45 bits per heavy atom. The summed E-state index contributed by atoms with van der Waals surface area (Å²) in [5, 5.41) is 16.8. The van der Waals surface area contributed by atoms with E-state index >= 15 is 0 Å². The monoisotopic (exact) mass is 148 g/mol. The average Bonchev–Trinajstić information content (AvgIpc) is 2.81. The minimum absolute atomic E-state index is 0.143. The highest BCUT2D eigenvalue weighted by molar-refractivity contribution is 5.39. The fourth-order valence-electron chi connectivity index (χ4n) is 0.883. The van der Waals surface area contributed by atoms with Crippen molar-refractivity contribution in [2.75, 3.05) is 7.11 Å². The summed E-state index contributed by atoms with van der Waals surface area (Å²) < 4.78 is 5.10. The topological polar surface area (TPSA) is 56.8 Å². The van der Waals surface area contributed by atoms with Crippen LogP contribution in [-0.2, 0) is 4.74 Å². The third kappa shape index (κ3) is 1.58. The first-order valence-electron chi connectivity index (χ1n) is 3.34. The number of rotatable bonds is 2. The van der Waals surface area contributed by atoms with Gasteiger partial charge < -0.3 is 4.74 Å². The molecule has 1 aliphatic rings. The second kappa shape index (κ2) is 2.74. The molecule has 0 unspecified atom stereocenters. The molecular weight excluding hydrogens is 140 g/mol. The van der Waals surface area contributed by atoms with E-state index in [1.165, 1.54) is 0 Å². The molecule has 0 heterocycles. The lowest BCUT2D eigenvalue weighted by Crippen LogP contribution is -2.07. The lowest BCUT2D eigenvalue weighted by Gasteiger charge is -2.04. The lowest BCUT2D eigenvalue weighted by atomic mass is 10.2. The zero-order valence-corrected chi connectivity index (χ0v) is 6.29. The van der Waals surface area contributed by atoms with E-state index in [9.17, 15) is 0 Å². The Labute approximate surface area is 65.5 Å². The van der Waals surface area contributed by atoms with Crippen molar-refractivity contribution in [2.24, 2.45) is 0 Å². The third-order valence-electron chi connectivity index (χ3n) is 1.80. The van der Waals surface area contributed by atoms with Crippen molar-refractivity contribution < 1.29 is 4.74 Å². The van der Waals surface area contributed by atoms with E-state index in [4.69, 9.17) is 15.3 Å². The summed E-state index contributed by atoms with van der Waals surface area (Å²) in [7, 11) is 1.59. The standard InChI is InChI=1S/C8H8N2O/c1-11-8(2-3-8)4-7(5-9)6-10/h4H,2-3H2,1H3. The maximum absolute atomic E-state index is 8.42. The first kappa shape index (κ1) is 7.78. The Morgan fingerprint density at radius 3 is 2.27 bits per heavy atom. The highest BCUT2D eigenvalue weighted by Gasteiger charge is 2.41. The van der Waals surface area contributed by atoms with Crippen LogP contribution < -0.4 is 0 Å². The first-order valence-corrected chi connectivity index (χ1v) is 3.34. The summed E-state index contributed by atoms with van der Waals surface area (Å²) in [4.78, 5) is 0. The van der Waals surface area contributed by atoms with Gasteiger partial charge in [-0.15, -0.1) is 0 Å². The smallest absolute Gasteiger partial charge is 0.128 e. The van der Waals surface area contributed by atoms with Gasteiger partial charge >= 0.3 is 0 Å². The van der Waals surface area contributed by atoms with Crippen LogP contribution in [0.1, 0.15) is 12.8 Å². The fourth-order valence-corrected chi connectivity index (χ4v) is 0.883. The van der Waals surface area contributed by atoms with Crippen LogP contribution in [0, 0.1) is 22.7 Å². The summed E-state index contributed by atoms with van der Waals surface area (Å²) in [6, 6.07) is 3.60. The minimum atomic E-state index is -0.291. The molecular formula is C8H8N2O. The number of allylic oxidation sites excluding steroid dienone is 1. The Bertz CT molecular complexity index is 247. The van der Waals surface area contributed by atoms with Gasteiger partial charge in [0.2, 0.25) is 0 Å². The van der Waals surface area contributed by atoms with Crippen molar-refractivity contribution in [1.29, 1.82) is 10.5 Å². The van der Waals surface area contributed by atoms with Crippen LogP contribution in [0.5, 0.6) is 0 Å². The van der Waals surface area contributed by atoms with Gasteiger partial charge in [0.1, 0.15) is 17.7 Å². The van der Waals surface area contributed by atoms with Crippen molar-refractivity contribution in [3.63, 3.8) is 0 Å². The highest BCUT2D eigenvalue weighted by atomic mass is 16.5. The van der Waals surface area contributed by atoms with Crippen LogP contribution in [0.25, 0.3) is 0 Å². The fraction of sp³-hybridized carbons (Fsp3) is 0.500. The summed E-state index contributed by atoms with van der Waals surface area (Å²) in [6.07, 6.45) is 3.43. The maximum Gasteiger partial charge on any atom is 0.128 e. The number of ether oxygens (including phenoxy) is 1. The number of methoxy groups -OCH3 is 1. The first-order chi connectivity index (χ1) is 5.26. The second-order valence-corrected chi connectivity index (χ2v) is 2.55. The summed E-state index contributed by atoms with van der Waals surface area (Å²) in [5.74, 6) is 0. The molecule has 56 valence electrons. The zero-order chi connectivity index (χ0) is 8.32. The van der Waals surface area contributed by atoms with E-state index in [0.29, 0.717) is 0 Å². The summed E-state index contributed by atoms with van der Waals surface area (Å²) in [6.45, 7) is 0. The number of hydrogen-bond donors (Lipinski definition) is 0. The van der Waals surface area contributed by atoms with Crippen LogP contribution in [-0.4, -0.2) is 12.7 Å². The molecule has 0 aromatic rings. The molecule has 0 aromatic heterocycles. The van der Waals surface area contributed by atoms with Crippen LogP contribution >= 0.6 is 0 Å². The molecule has 0 spiro atoms. The van der Waals surface area contributed by atoms with Gasteiger partial charge in [-0.1, -0.05) is 0 Å². The predicted octanol–water partition coefficient (Wildman–Crippen LogP) is 1.14. The highest BCUT2D eigenvalue weighted by Crippen LogP contribution is 2.40. The van der Waals surface area contributed by atoms with E-state index in [-0.39, 0.29) is 11.2 Å². The van der Waals surface area contributed by atoms with Crippen LogP contribution in [0.2, 0.25) is 0 Å². The molecule has 0 aliphatic heterocycles. The van der Waals surface area contributed by atoms with E-state index in [1.54, 1.807) is 25.3 Å². The number of hydrogen-bond acceptors (Lipinski definition) is 3. The Balaban J connectivity index is 2.73. The van der Waals surface area contributed by atoms with Gasteiger partial charge in [0.05, 0.1) is 5.60 Å². The quantitative estimate of drug-likeness (QED) is 0.552. The molecule has 1 rings (SSSR count). The molecule has 11 heavy (non-hydrogen) atoms. The Kier molecular flexibility index (Phi) is 1.94. The molecule has 0 saturated heterocycles. The molecule has 1 fully saturated rings. The van der Waals surface area contributed by atoms with E-state index in [0.717, 1.165) is 12.8 Å². The van der Waals surface area contributed by atoms with E-state index in [2.05, 4.69) is 0 Å². The van der Waals surface area contributed by atoms with Gasteiger partial charge in [0.15, 0.2) is 0 Å². The van der Waals surface area contributed by atoms with Crippen LogP contribution in [0.15, 0.2) is 11.6 Å². The third-order valence-corrected chi connectivity index (χ3v) is 1.80. The van der Waals surface area contributed by atoms with E-state index in [1.807, 2.05) is 0 Å². The van der Waals surface area contributed by atoms with Crippen LogP contribution in [0.4, 0.5) is 0 Å². The van der Waals surface area contributed by atoms with Gasteiger partial charge in [0.25, 0.3) is 0 Å². The van der Waals surface area contributed by atoms with E-state index < -0.39 is 0 Å². The lowest BCUT2D eigenvalue weighted by molar-refractivity contribution is 0.121. The van der Waals surface area contributed by atoms with Gasteiger partial charge in [-0.3, -0.25) is 0 Å². The second-order valence-electron chi connectivity index (χ2n) is 2.55. The van der Waals surface area contributed by atoms with Gasteiger partial charge in [-0.25, -0.2) is 0 Å². The SMILES string of the molecule is COC1(C=C(C#N)C#N)CC1. The Morgan fingerprint density at radius 2 is 2.00 bits per heavy atom. The minimum Gasteiger partial charge on any atom is -0.374 e. The zero-order valence-electron chi connectivity index (χ0n) is 6.29. The van der Waals surface area contributed by atoms with Crippen molar-refractivity contribution in [2.45, 2.75) is 18.4 Å². The number of nitriles is 2. The van der Waals surface area contributed by atoms with Crippen LogP contribution in [0.3, 0.4) is 0 Å². The van der Waals surface area contributed by atoms with Crippen molar-refractivity contribution >= 4 is 0 Å². The van der Waals surface area contributed by atoms with Crippen molar-refractivity contribution in [1.82, 2.24) is 0 Å². The number of nitrogens with zero attached hydrogens (tertiary/aromatic N) is 2. The molecule has 1 aliphatic carbocycles. The molecule has 0 radical (unpaired) electrons. The maximum atomic E-state index is 8.42. The molecule has 0 bridgehead atoms. The van der Waals surface area contributed by atoms with Crippen molar-refractivity contribution in [3.05, 3.63) is 11.6 Å². The van der Waals surface area contributed by atoms with Gasteiger partial charge in [-0.2, -0.15) is 10.5 Å². The molecule has 0 N–H and O–H groups in total. The molecule has 0 aromatic carbocycles. The average molecular weight is 148 g/mol. The van der Waals surface area contributed by atoms with Crippen molar-refractivity contribution in [3.8, 4) is 12.1 Å². The predicted molar refractivity (Wildman–Crippen MR) is 38.3 cm³/mol. The summed E-state index contributed by atoms with van der Waals surface area (Å²) >= 11 is 0. The molecule has 1 saturated carbocycles. The largest absolute Gasteiger partial charge is 0.374 e.